The van der Waals surface area contributed by atoms with Crippen LogP contribution in [0.15, 0.2) is 47.6 Å². The molecule has 134 valence electrons. The Labute approximate surface area is 159 Å². The topological polar surface area (TPSA) is 51.1 Å². The molecule has 1 aliphatic heterocycles. The fraction of sp³-hybridized carbons (Fsp3) is 0.167. The molecule has 5 nitrogen and oxygen atoms in total. The van der Waals surface area contributed by atoms with Crippen LogP contribution in [0, 0.1) is 5.82 Å². The van der Waals surface area contributed by atoms with E-state index in [9.17, 15) is 9.18 Å². The van der Waals surface area contributed by atoms with Gasteiger partial charge in [0, 0.05) is 0 Å². The molecule has 1 saturated heterocycles. The molecule has 1 amide bonds. The van der Waals surface area contributed by atoms with Crippen LogP contribution in [0.25, 0.3) is 0 Å². The molecule has 3 rings (SSSR count). The van der Waals surface area contributed by atoms with E-state index in [-0.39, 0.29) is 18.3 Å². The van der Waals surface area contributed by atoms with E-state index < -0.39 is 0 Å². The van der Waals surface area contributed by atoms with Crippen molar-refractivity contribution < 1.29 is 18.7 Å². The average molecular weight is 390 g/mol. The third-order valence-corrected chi connectivity index (χ3v) is 4.88. The SMILES string of the molecule is COc1cc(/C=N\N2C(=O)CSC2=S)ccc1OCc1ccc(F)cc1. The number of rotatable bonds is 6. The monoisotopic (exact) mass is 390 g/mol. The zero-order valence-electron chi connectivity index (χ0n) is 13.8. The third-order valence-electron chi connectivity index (χ3n) is 3.55. The summed E-state index contributed by atoms with van der Waals surface area (Å²) in [6, 6.07) is 11.4. The van der Waals surface area contributed by atoms with Crippen molar-refractivity contribution >= 4 is 40.4 Å². The van der Waals surface area contributed by atoms with Crippen LogP contribution in [0.5, 0.6) is 11.5 Å². The number of carbonyl (C=O) groups is 1. The predicted molar refractivity (Wildman–Crippen MR) is 103 cm³/mol. The molecule has 0 N–H and O–H groups in total. The molecular formula is C18H15FN2O3S2. The van der Waals surface area contributed by atoms with Gasteiger partial charge in [-0.25, -0.2) is 4.39 Å². The van der Waals surface area contributed by atoms with E-state index in [0.29, 0.717) is 21.6 Å². The van der Waals surface area contributed by atoms with E-state index >= 15 is 0 Å². The number of amides is 1. The third kappa shape index (κ3) is 4.39. The van der Waals surface area contributed by atoms with Gasteiger partial charge in [-0.2, -0.15) is 10.1 Å². The molecule has 2 aromatic rings. The molecule has 0 radical (unpaired) electrons. The summed E-state index contributed by atoms with van der Waals surface area (Å²) in [5, 5.41) is 5.34. The zero-order valence-corrected chi connectivity index (χ0v) is 15.5. The van der Waals surface area contributed by atoms with Gasteiger partial charge in [0.2, 0.25) is 0 Å². The van der Waals surface area contributed by atoms with E-state index in [1.807, 2.05) is 0 Å². The second-order valence-corrected chi connectivity index (χ2v) is 6.94. The van der Waals surface area contributed by atoms with Crippen molar-refractivity contribution in [3.05, 3.63) is 59.4 Å². The summed E-state index contributed by atoms with van der Waals surface area (Å²) in [7, 11) is 1.54. The number of methoxy groups -OCH3 is 1. The van der Waals surface area contributed by atoms with Gasteiger partial charge < -0.3 is 9.47 Å². The van der Waals surface area contributed by atoms with Gasteiger partial charge in [-0.05, 0) is 41.5 Å². The van der Waals surface area contributed by atoms with Crippen LogP contribution in [0.1, 0.15) is 11.1 Å². The molecule has 0 unspecified atom stereocenters. The Balaban J connectivity index is 1.70. The number of nitrogens with zero attached hydrogens (tertiary/aromatic N) is 2. The quantitative estimate of drug-likeness (QED) is 0.557. The second-order valence-electron chi connectivity index (χ2n) is 5.33. The molecule has 0 atom stereocenters. The van der Waals surface area contributed by atoms with Gasteiger partial charge >= 0.3 is 0 Å². The number of carbonyl (C=O) groups excluding carboxylic acids is 1. The van der Waals surface area contributed by atoms with Crippen molar-refractivity contribution in [1.82, 2.24) is 5.01 Å². The van der Waals surface area contributed by atoms with Crippen molar-refractivity contribution in [2.45, 2.75) is 6.61 Å². The molecular weight excluding hydrogens is 375 g/mol. The smallest absolute Gasteiger partial charge is 0.259 e. The molecule has 1 fully saturated rings. The predicted octanol–water partition coefficient (Wildman–Crippen LogP) is 3.61. The molecule has 1 heterocycles. The molecule has 0 spiro atoms. The largest absolute Gasteiger partial charge is 0.493 e. The summed E-state index contributed by atoms with van der Waals surface area (Å²) in [6.07, 6.45) is 1.54. The summed E-state index contributed by atoms with van der Waals surface area (Å²) in [5.74, 6) is 0.972. The maximum absolute atomic E-state index is 12.9. The first-order chi connectivity index (χ1) is 12.6. The number of hydrazone groups is 1. The molecule has 26 heavy (non-hydrogen) atoms. The minimum atomic E-state index is -0.288. The van der Waals surface area contributed by atoms with Gasteiger partial charge in [0.1, 0.15) is 12.4 Å². The van der Waals surface area contributed by atoms with E-state index in [1.165, 1.54) is 36.0 Å². The highest BCUT2D eigenvalue weighted by molar-refractivity contribution is 8.23. The number of hydrogen-bond donors (Lipinski definition) is 0. The number of benzene rings is 2. The van der Waals surface area contributed by atoms with Crippen molar-refractivity contribution in [2.24, 2.45) is 5.10 Å². The minimum absolute atomic E-state index is 0.137. The summed E-state index contributed by atoms with van der Waals surface area (Å²) < 4.78 is 24.5. The molecule has 0 bridgehead atoms. The van der Waals surface area contributed by atoms with Crippen LogP contribution in [-0.2, 0) is 11.4 Å². The lowest BCUT2D eigenvalue weighted by atomic mass is 10.2. The Morgan fingerprint density at radius 2 is 2.04 bits per heavy atom. The first kappa shape index (κ1) is 18.3. The van der Waals surface area contributed by atoms with Gasteiger partial charge in [0.05, 0.1) is 19.1 Å². The lowest BCUT2D eigenvalue weighted by Gasteiger charge is -2.12. The Bertz CT molecular complexity index is 840. The van der Waals surface area contributed by atoms with E-state index in [0.717, 1.165) is 11.1 Å². The minimum Gasteiger partial charge on any atom is -0.493 e. The molecule has 2 aromatic carbocycles. The molecule has 0 aromatic heterocycles. The maximum Gasteiger partial charge on any atom is 0.259 e. The van der Waals surface area contributed by atoms with Gasteiger partial charge in [0.25, 0.3) is 5.91 Å². The number of ether oxygens (including phenoxy) is 2. The summed E-state index contributed by atoms with van der Waals surface area (Å²) in [4.78, 5) is 11.7. The lowest BCUT2D eigenvalue weighted by molar-refractivity contribution is -0.123. The maximum atomic E-state index is 12.9. The number of hydrogen-bond acceptors (Lipinski definition) is 6. The van der Waals surface area contributed by atoms with Crippen molar-refractivity contribution in [3.63, 3.8) is 0 Å². The number of halogens is 1. The second kappa shape index (κ2) is 8.29. The van der Waals surface area contributed by atoms with Crippen LogP contribution in [-0.4, -0.2) is 34.3 Å². The Morgan fingerprint density at radius 3 is 2.69 bits per heavy atom. The molecule has 1 aliphatic rings. The van der Waals surface area contributed by atoms with Gasteiger partial charge in [0.15, 0.2) is 15.8 Å². The lowest BCUT2D eigenvalue weighted by Crippen LogP contribution is -2.22. The Morgan fingerprint density at radius 1 is 1.27 bits per heavy atom. The van der Waals surface area contributed by atoms with Gasteiger partial charge in [-0.3, -0.25) is 4.79 Å². The highest BCUT2D eigenvalue weighted by Crippen LogP contribution is 2.28. The first-order valence-electron chi connectivity index (χ1n) is 7.66. The molecule has 8 heteroatoms. The number of thiocarbonyl (C=S) groups is 1. The van der Waals surface area contributed by atoms with E-state index in [4.69, 9.17) is 21.7 Å². The average Bonchev–Trinajstić information content (AvgIpc) is 2.97. The Hall–Kier alpha value is -2.45. The van der Waals surface area contributed by atoms with Crippen molar-refractivity contribution in [1.29, 1.82) is 0 Å². The van der Waals surface area contributed by atoms with Crippen LogP contribution in [0.3, 0.4) is 0 Å². The first-order valence-corrected chi connectivity index (χ1v) is 9.05. The summed E-state index contributed by atoms with van der Waals surface area (Å²) in [6.45, 7) is 0.290. The highest BCUT2D eigenvalue weighted by atomic mass is 32.2. The zero-order chi connectivity index (χ0) is 18.5. The van der Waals surface area contributed by atoms with Crippen LogP contribution in [0.2, 0.25) is 0 Å². The van der Waals surface area contributed by atoms with Crippen LogP contribution >= 0.6 is 24.0 Å². The fourth-order valence-corrected chi connectivity index (χ4v) is 3.18. The van der Waals surface area contributed by atoms with Crippen molar-refractivity contribution in [3.8, 4) is 11.5 Å². The standard InChI is InChI=1S/C18H15FN2O3S2/c1-23-16-8-13(9-20-21-17(22)11-26-18(21)25)4-7-15(16)24-10-12-2-5-14(19)6-3-12/h2-9H,10-11H2,1H3/b20-9-. The van der Waals surface area contributed by atoms with Gasteiger partial charge in [-0.1, -0.05) is 36.1 Å². The Kier molecular flexibility index (Phi) is 5.85. The number of thioether (sulfide) groups is 1. The van der Waals surface area contributed by atoms with Crippen LogP contribution in [0.4, 0.5) is 4.39 Å². The van der Waals surface area contributed by atoms with Gasteiger partial charge in [-0.15, -0.1) is 0 Å². The molecule has 0 aliphatic carbocycles. The van der Waals surface area contributed by atoms with Crippen molar-refractivity contribution in [2.75, 3.05) is 12.9 Å². The summed E-state index contributed by atoms with van der Waals surface area (Å²) >= 11 is 6.37. The fourth-order valence-electron chi connectivity index (χ4n) is 2.21. The van der Waals surface area contributed by atoms with E-state index in [2.05, 4.69) is 5.10 Å². The molecule has 0 saturated carbocycles. The van der Waals surface area contributed by atoms with Crippen LogP contribution < -0.4 is 9.47 Å². The summed E-state index contributed by atoms with van der Waals surface area (Å²) in [5.41, 5.74) is 1.58. The van der Waals surface area contributed by atoms with E-state index in [1.54, 1.807) is 36.5 Å². The normalized spacial score (nSPS) is 14.3. The highest BCUT2D eigenvalue weighted by Gasteiger charge is 2.25.